The summed E-state index contributed by atoms with van der Waals surface area (Å²) in [5.41, 5.74) is 0.949. The van der Waals surface area contributed by atoms with Crippen LogP contribution in [0.3, 0.4) is 0 Å². The van der Waals surface area contributed by atoms with Crippen LogP contribution < -0.4 is 5.32 Å². The van der Waals surface area contributed by atoms with Gasteiger partial charge in [-0.1, -0.05) is 25.1 Å². The predicted octanol–water partition coefficient (Wildman–Crippen LogP) is 1.98. The zero-order valence-corrected chi connectivity index (χ0v) is 13.4. The lowest BCUT2D eigenvalue weighted by atomic mass is 10.0. The number of sulfone groups is 1. The molecular weight excluding hydrogens is 284 g/mol. The van der Waals surface area contributed by atoms with E-state index in [-0.39, 0.29) is 11.8 Å². The summed E-state index contributed by atoms with van der Waals surface area (Å²) in [5.74, 6) is 0.254. The van der Waals surface area contributed by atoms with Gasteiger partial charge in [-0.2, -0.15) is 0 Å². The fraction of sp³-hybridized carbons (Fsp3) is 0.625. The lowest BCUT2D eigenvalue weighted by Crippen LogP contribution is -2.40. The Kier molecular flexibility index (Phi) is 4.33. The molecule has 5 heteroatoms. The lowest BCUT2D eigenvalue weighted by Gasteiger charge is -2.29. The summed E-state index contributed by atoms with van der Waals surface area (Å²) >= 11 is 0. The van der Waals surface area contributed by atoms with Crippen molar-refractivity contribution in [3.63, 3.8) is 0 Å². The van der Waals surface area contributed by atoms with Gasteiger partial charge in [-0.05, 0) is 44.0 Å². The van der Waals surface area contributed by atoms with Crippen LogP contribution in [0.15, 0.2) is 29.2 Å². The van der Waals surface area contributed by atoms with E-state index in [4.69, 9.17) is 0 Å². The lowest BCUT2D eigenvalue weighted by molar-refractivity contribution is 0.252. The van der Waals surface area contributed by atoms with E-state index in [1.54, 1.807) is 6.07 Å². The molecule has 0 aromatic heterocycles. The van der Waals surface area contributed by atoms with Crippen LogP contribution in [0, 0.1) is 0 Å². The first-order valence-electron chi connectivity index (χ1n) is 7.91. The Balaban J connectivity index is 1.72. The van der Waals surface area contributed by atoms with Crippen LogP contribution in [0.5, 0.6) is 0 Å². The number of likely N-dealkylation sites (tertiary alicyclic amines) is 1. The first-order chi connectivity index (χ1) is 10.1. The molecule has 2 aliphatic heterocycles. The van der Waals surface area contributed by atoms with Crippen LogP contribution in [0.2, 0.25) is 0 Å². The first-order valence-corrected chi connectivity index (χ1v) is 9.56. The molecule has 0 spiro atoms. The van der Waals surface area contributed by atoms with Gasteiger partial charge in [0, 0.05) is 18.6 Å². The Morgan fingerprint density at radius 3 is 2.90 bits per heavy atom. The largest absolute Gasteiger partial charge is 0.308 e. The average molecular weight is 308 g/mol. The third-order valence-electron chi connectivity index (χ3n) is 4.81. The summed E-state index contributed by atoms with van der Waals surface area (Å²) in [4.78, 5) is 3.03. The van der Waals surface area contributed by atoms with Gasteiger partial charge in [0.05, 0.1) is 10.6 Å². The van der Waals surface area contributed by atoms with Crippen LogP contribution in [-0.2, 0) is 9.84 Å². The number of benzene rings is 1. The maximum absolute atomic E-state index is 12.1. The maximum Gasteiger partial charge on any atom is 0.178 e. The monoisotopic (exact) mass is 308 g/mol. The Morgan fingerprint density at radius 2 is 2.10 bits per heavy atom. The third kappa shape index (κ3) is 3.00. The predicted molar refractivity (Wildman–Crippen MR) is 84.1 cm³/mol. The van der Waals surface area contributed by atoms with E-state index in [2.05, 4.69) is 17.1 Å². The fourth-order valence-corrected chi connectivity index (χ4v) is 5.24. The molecule has 1 aromatic carbocycles. The summed E-state index contributed by atoms with van der Waals surface area (Å²) < 4.78 is 24.3. The molecule has 1 fully saturated rings. The van der Waals surface area contributed by atoms with Gasteiger partial charge in [-0.3, -0.25) is 4.90 Å². The quantitative estimate of drug-likeness (QED) is 0.924. The van der Waals surface area contributed by atoms with Crippen LogP contribution in [-0.4, -0.2) is 44.7 Å². The SMILES string of the molecule is CCN1CCCC1CNC1CCS(=O)(=O)c2ccccc21. The minimum absolute atomic E-state index is 0.170. The maximum atomic E-state index is 12.1. The van der Waals surface area contributed by atoms with Crippen LogP contribution in [0.25, 0.3) is 0 Å². The second-order valence-electron chi connectivity index (χ2n) is 6.03. The van der Waals surface area contributed by atoms with Gasteiger partial charge in [0.15, 0.2) is 9.84 Å². The van der Waals surface area contributed by atoms with Crippen molar-refractivity contribution in [1.82, 2.24) is 10.2 Å². The van der Waals surface area contributed by atoms with Crippen molar-refractivity contribution in [3.8, 4) is 0 Å². The van der Waals surface area contributed by atoms with Crippen molar-refractivity contribution in [2.24, 2.45) is 0 Å². The standard InChI is InChI=1S/C16H24N2O2S/c1-2-18-10-5-6-13(18)12-17-15-9-11-21(19,20)16-8-4-3-7-14(15)16/h3-4,7-8,13,15,17H,2,5-6,9-12H2,1H3. The average Bonchev–Trinajstić information content (AvgIpc) is 2.94. The smallest absolute Gasteiger partial charge is 0.178 e. The van der Waals surface area contributed by atoms with E-state index in [0.717, 1.165) is 18.7 Å². The highest BCUT2D eigenvalue weighted by Gasteiger charge is 2.31. The molecule has 21 heavy (non-hydrogen) atoms. The summed E-state index contributed by atoms with van der Waals surface area (Å²) in [5, 5.41) is 3.62. The van der Waals surface area contributed by atoms with E-state index in [9.17, 15) is 8.42 Å². The molecule has 1 N–H and O–H groups in total. The highest BCUT2D eigenvalue weighted by Crippen LogP contribution is 2.32. The van der Waals surface area contributed by atoms with Crippen molar-refractivity contribution >= 4 is 9.84 Å². The molecule has 0 bridgehead atoms. The van der Waals surface area contributed by atoms with Gasteiger partial charge >= 0.3 is 0 Å². The number of hydrogen-bond donors (Lipinski definition) is 1. The van der Waals surface area contributed by atoms with E-state index < -0.39 is 9.84 Å². The Morgan fingerprint density at radius 1 is 1.29 bits per heavy atom. The van der Waals surface area contributed by atoms with Crippen LogP contribution in [0.1, 0.15) is 37.8 Å². The molecule has 3 rings (SSSR count). The minimum Gasteiger partial charge on any atom is -0.308 e. The van der Waals surface area contributed by atoms with Crippen molar-refractivity contribution < 1.29 is 8.42 Å². The molecule has 0 aliphatic carbocycles. The number of hydrogen-bond acceptors (Lipinski definition) is 4. The molecule has 116 valence electrons. The molecule has 0 radical (unpaired) electrons. The molecule has 0 saturated carbocycles. The third-order valence-corrected chi connectivity index (χ3v) is 6.62. The van der Waals surface area contributed by atoms with Gasteiger partial charge in [0.25, 0.3) is 0 Å². The molecule has 2 aliphatic rings. The van der Waals surface area contributed by atoms with E-state index in [1.807, 2.05) is 18.2 Å². The highest BCUT2D eigenvalue weighted by atomic mass is 32.2. The number of rotatable bonds is 4. The second-order valence-corrected chi connectivity index (χ2v) is 8.11. The summed E-state index contributed by atoms with van der Waals surface area (Å²) in [6.07, 6.45) is 3.20. The molecule has 0 amide bonds. The molecule has 2 heterocycles. The minimum atomic E-state index is -3.08. The molecule has 2 atom stereocenters. The number of nitrogens with one attached hydrogen (secondary N) is 1. The van der Waals surface area contributed by atoms with Gasteiger partial charge < -0.3 is 5.32 Å². The summed E-state index contributed by atoms with van der Waals surface area (Å²) in [7, 11) is -3.08. The van der Waals surface area contributed by atoms with E-state index in [1.165, 1.54) is 19.4 Å². The number of fused-ring (bicyclic) bond motifs is 1. The van der Waals surface area contributed by atoms with Crippen molar-refractivity contribution in [2.45, 2.75) is 43.2 Å². The molecular formula is C16H24N2O2S. The number of nitrogens with zero attached hydrogens (tertiary/aromatic N) is 1. The zero-order chi connectivity index (χ0) is 14.9. The topological polar surface area (TPSA) is 49.4 Å². The highest BCUT2D eigenvalue weighted by molar-refractivity contribution is 7.91. The van der Waals surface area contributed by atoms with E-state index in [0.29, 0.717) is 17.4 Å². The fourth-order valence-electron chi connectivity index (χ4n) is 3.62. The van der Waals surface area contributed by atoms with E-state index >= 15 is 0 Å². The van der Waals surface area contributed by atoms with Crippen molar-refractivity contribution in [2.75, 3.05) is 25.4 Å². The normalized spacial score (nSPS) is 28.4. The second kappa shape index (κ2) is 6.07. The molecule has 4 nitrogen and oxygen atoms in total. The van der Waals surface area contributed by atoms with Crippen LogP contribution >= 0.6 is 0 Å². The molecule has 2 unspecified atom stereocenters. The summed E-state index contributed by atoms with van der Waals surface area (Å²) in [6, 6.07) is 8.21. The zero-order valence-electron chi connectivity index (χ0n) is 12.6. The van der Waals surface area contributed by atoms with Crippen LogP contribution in [0.4, 0.5) is 0 Å². The van der Waals surface area contributed by atoms with Gasteiger partial charge in [-0.25, -0.2) is 8.42 Å². The molecule has 1 saturated heterocycles. The number of likely N-dealkylation sites (N-methyl/N-ethyl adjacent to an activating group) is 1. The Hall–Kier alpha value is -0.910. The van der Waals surface area contributed by atoms with Gasteiger partial charge in [0.1, 0.15) is 0 Å². The Labute approximate surface area is 127 Å². The molecule has 1 aromatic rings. The van der Waals surface area contributed by atoms with Crippen molar-refractivity contribution in [3.05, 3.63) is 29.8 Å². The summed E-state index contributed by atoms with van der Waals surface area (Å²) in [6.45, 7) is 5.45. The van der Waals surface area contributed by atoms with Gasteiger partial charge in [-0.15, -0.1) is 0 Å². The van der Waals surface area contributed by atoms with Crippen molar-refractivity contribution in [1.29, 1.82) is 0 Å². The first kappa shape index (κ1) is 15.0. The van der Waals surface area contributed by atoms with Gasteiger partial charge in [0.2, 0.25) is 0 Å². The Bertz CT molecular complexity index is 600.